The molecule has 94 valence electrons. The van der Waals surface area contributed by atoms with Crippen molar-refractivity contribution in [2.24, 2.45) is 0 Å². The molecule has 1 aliphatic heterocycles. The predicted octanol–water partition coefficient (Wildman–Crippen LogP) is 0.386. The number of nitrogens with one attached hydrogen (secondary N) is 2. The summed E-state index contributed by atoms with van der Waals surface area (Å²) in [6.07, 6.45) is 4.95. The highest BCUT2D eigenvalue weighted by molar-refractivity contribution is 5.90. The molecule has 7 nitrogen and oxygen atoms in total. The minimum Gasteiger partial charge on any atom is -0.358 e. The van der Waals surface area contributed by atoms with Gasteiger partial charge < -0.3 is 10.2 Å². The number of fused-ring (bicyclic) bond motifs is 1. The lowest BCUT2D eigenvalue weighted by Crippen LogP contribution is -2.45. The van der Waals surface area contributed by atoms with E-state index in [1.807, 2.05) is 7.05 Å². The molecule has 1 fully saturated rings. The van der Waals surface area contributed by atoms with Crippen molar-refractivity contribution >= 4 is 22.8 Å². The first-order valence-corrected chi connectivity index (χ1v) is 5.91. The van der Waals surface area contributed by atoms with Crippen LogP contribution in [0.4, 0.5) is 5.82 Å². The molecule has 2 aromatic heterocycles. The second-order valence-corrected chi connectivity index (χ2v) is 4.45. The number of carbonyl (C=O) groups is 1. The van der Waals surface area contributed by atoms with Gasteiger partial charge in [0.25, 0.3) is 0 Å². The number of hydrogen-bond acceptors (Lipinski definition) is 5. The van der Waals surface area contributed by atoms with Gasteiger partial charge in [-0.05, 0) is 12.8 Å². The first kappa shape index (κ1) is 10.9. The Morgan fingerprint density at radius 2 is 2.39 bits per heavy atom. The van der Waals surface area contributed by atoms with E-state index in [1.165, 1.54) is 6.33 Å². The summed E-state index contributed by atoms with van der Waals surface area (Å²) in [7, 11) is 1.82. The average Bonchev–Trinajstić information content (AvgIpc) is 2.84. The molecule has 0 spiro atoms. The SMILES string of the molecule is CN1CCCC(Nc2ncnc3[nH]ncc23)C1=O. The molecule has 0 saturated carbocycles. The van der Waals surface area contributed by atoms with Crippen LogP contribution < -0.4 is 5.32 Å². The van der Waals surface area contributed by atoms with Crippen molar-refractivity contribution in [3.8, 4) is 0 Å². The first-order chi connectivity index (χ1) is 8.75. The summed E-state index contributed by atoms with van der Waals surface area (Å²) in [6, 6.07) is -0.211. The molecule has 0 bridgehead atoms. The van der Waals surface area contributed by atoms with Crippen LogP contribution >= 0.6 is 0 Å². The number of aromatic amines is 1. The number of anilines is 1. The molecule has 1 saturated heterocycles. The summed E-state index contributed by atoms with van der Waals surface area (Å²) in [6.45, 7) is 0.821. The Morgan fingerprint density at radius 3 is 3.28 bits per heavy atom. The minimum absolute atomic E-state index is 0.108. The quantitative estimate of drug-likeness (QED) is 0.800. The molecule has 1 unspecified atom stereocenters. The molecule has 3 rings (SSSR count). The van der Waals surface area contributed by atoms with E-state index >= 15 is 0 Å². The number of aromatic nitrogens is 4. The fourth-order valence-electron chi connectivity index (χ4n) is 2.21. The van der Waals surface area contributed by atoms with Crippen molar-refractivity contribution in [3.63, 3.8) is 0 Å². The molecule has 0 aliphatic carbocycles. The van der Waals surface area contributed by atoms with Crippen molar-refractivity contribution in [2.75, 3.05) is 18.9 Å². The van der Waals surface area contributed by atoms with Gasteiger partial charge in [-0.3, -0.25) is 9.89 Å². The number of nitrogens with zero attached hydrogens (tertiary/aromatic N) is 4. The van der Waals surface area contributed by atoms with Crippen LogP contribution in [0.25, 0.3) is 11.0 Å². The van der Waals surface area contributed by atoms with Gasteiger partial charge in [0.1, 0.15) is 18.2 Å². The third kappa shape index (κ3) is 1.77. The molecule has 2 aromatic rings. The van der Waals surface area contributed by atoms with Crippen LogP contribution in [0.2, 0.25) is 0 Å². The Hall–Kier alpha value is -2.18. The van der Waals surface area contributed by atoms with Crippen molar-refractivity contribution in [1.29, 1.82) is 0 Å². The van der Waals surface area contributed by atoms with E-state index in [9.17, 15) is 4.79 Å². The lowest BCUT2D eigenvalue weighted by atomic mass is 10.1. The monoisotopic (exact) mass is 246 g/mol. The molecular weight excluding hydrogens is 232 g/mol. The first-order valence-electron chi connectivity index (χ1n) is 5.91. The number of hydrogen-bond donors (Lipinski definition) is 2. The Bertz CT molecular complexity index is 580. The Balaban J connectivity index is 1.88. The fourth-order valence-corrected chi connectivity index (χ4v) is 2.21. The standard InChI is InChI=1S/C11H14N6O/c1-17-4-2-3-8(11(17)18)15-9-7-5-14-16-10(7)13-6-12-9/h5-6,8H,2-4H2,1H3,(H2,12,13,14,15,16). The predicted molar refractivity (Wildman–Crippen MR) is 66.0 cm³/mol. The number of likely N-dealkylation sites (tertiary alicyclic amines) is 1. The largest absolute Gasteiger partial charge is 0.358 e. The second kappa shape index (κ2) is 4.25. The van der Waals surface area contributed by atoms with E-state index in [-0.39, 0.29) is 11.9 Å². The van der Waals surface area contributed by atoms with Crippen molar-refractivity contribution in [1.82, 2.24) is 25.1 Å². The molecule has 7 heteroatoms. The van der Waals surface area contributed by atoms with Gasteiger partial charge in [-0.2, -0.15) is 5.10 Å². The molecule has 18 heavy (non-hydrogen) atoms. The number of H-pyrrole nitrogens is 1. The average molecular weight is 246 g/mol. The Kier molecular flexibility index (Phi) is 2.58. The topological polar surface area (TPSA) is 86.8 Å². The number of rotatable bonds is 2. The molecule has 1 amide bonds. The van der Waals surface area contributed by atoms with Gasteiger partial charge >= 0.3 is 0 Å². The zero-order chi connectivity index (χ0) is 12.5. The normalized spacial score (nSPS) is 20.4. The van der Waals surface area contributed by atoms with Crippen molar-refractivity contribution in [3.05, 3.63) is 12.5 Å². The Labute approximate surface area is 104 Å². The summed E-state index contributed by atoms with van der Waals surface area (Å²) >= 11 is 0. The fraction of sp³-hybridized carbons (Fsp3) is 0.455. The van der Waals surface area contributed by atoms with Gasteiger partial charge in [-0.25, -0.2) is 9.97 Å². The maximum atomic E-state index is 12.0. The Morgan fingerprint density at radius 1 is 1.50 bits per heavy atom. The maximum Gasteiger partial charge on any atom is 0.244 e. The van der Waals surface area contributed by atoms with E-state index in [0.717, 1.165) is 24.8 Å². The number of carbonyl (C=O) groups excluding carboxylic acids is 1. The molecule has 3 heterocycles. The maximum absolute atomic E-state index is 12.0. The highest BCUT2D eigenvalue weighted by Crippen LogP contribution is 2.20. The van der Waals surface area contributed by atoms with Crippen LogP contribution in [0.5, 0.6) is 0 Å². The summed E-state index contributed by atoms with van der Waals surface area (Å²) in [5.41, 5.74) is 0.670. The summed E-state index contributed by atoms with van der Waals surface area (Å²) in [5, 5.41) is 10.7. The van der Waals surface area contributed by atoms with Crippen LogP contribution in [-0.2, 0) is 4.79 Å². The molecule has 0 aromatic carbocycles. The van der Waals surface area contributed by atoms with Gasteiger partial charge in [0.15, 0.2) is 5.65 Å². The smallest absolute Gasteiger partial charge is 0.244 e. The van der Waals surface area contributed by atoms with Crippen LogP contribution in [0.1, 0.15) is 12.8 Å². The van der Waals surface area contributed by atoms with E-state index in [1.54, 1.807) is 11.1 Å². The lowest BCUT2D eigenvalue weighted by Gasteiger charge is -2.29. The highest BCUT2D eigenvalue weighted by Gasteiger charge is 2.26. The van der Waals surface area contributed by atoms with Crippen LogP contribution in [0, 0.1) is 0 Å². The van der Waals surface area contributed by atoms with E-state index in [0.29, 0.717) is 11.5 Å². The number of amides is 1. The van der Waals surface area contributed by atoms with Crippen molar-refractivity contribution in [2.45, 2.75) is 18.9 Å². The zero-order valence-corrected chi connectivity index (χ0v) is 10.1. The second-order valence-electron chi connectivity index (χ2n) is 4.45. The summed E-state index contributed by atoms with van der Waals surface area (Å²) in [5.74, 6) is 0.763. The molecule has 2 N–H and O–H groups in total. The van der Waals surface area contributed by atoms with Crippen LogP contribution in [0.3, 0.4) is 0 Å². The van der Waals surface area contributed by atoms with Gasteiger partial charge in [0.2, 0.25) is 5.91 Å². The van der Waals surface area contributed by atoms with Gasteiger partial charge in [0, 0.05) is 13.6 Å². The van der Waals surface area contributed by atoms with Gasteiger partial charge in [-0.1, -0.05) is 0 Å². The van der Waals surface area contributed by atoms with Crippen molar-refractivity contribution < 1.29 is 4.79 Å². The van der Waals surface area contributed by atoms with E-state index < -0.39 is 0 Å². The number of piperidine rings is 1. The van der Waals surface area contributed by atoms with E-state index in [2.05, 4.69) is 25.5 Å². The number of likely N-dealkylation sites (N-methyl/N-ethyl adjacent to an activating group) is 1. The highest BCUT2D eigenvalue weighted by atomic mass is 16.2. The third-order valence-corrected chi connectivity index (χ3v) is 3.22. The van der Waals surface area contributed by atoms with Gasteiger partial charge in [-0.15, -0.1) is 0 Å². The molecule has 1 atom stereocenters. The van der Waals surface area contributed by atoms with E-state index in [4.69, 9.17) is 0 Å². The molecule has 1 aliphatic rings. The lowest BCUT2D eigenvalue weighted by molar-refractivity contribution is -0.132. The van der Waals surface area contributed by atoms with Crippen LogP contribution in [0.15, 0.2) is 12.5 Å². The minimum atomic E-state index is -0.211. The third-order valence-electron chi connectivity index (χ3n) is 3.22. The summed E-state index contributed by atoms with van der Waals surface area (Å²) in [4.78, 5) is 22.0. The molecular formula is C11H14N6O. The van der Waals surface area contributed by atoms with Gasteiger partial charge in [0.05, 0.1) is 11.6 Å². The zero-order valence-electron chi connectivity index (χ0n) is 10.1. The van der Waals surface area contributed by atoms with Crippen LogP contribution in [-0.4, -0.2) is 50.6 Å². The summed E-state index contributed by atoms with van der Waals surface area (Å²) < 4.78 is 0. The molecule has 0 radical (unpaired) electrons.